The van der Waals surface area contributed by atoms with Crippen LogP contribution in [0, 0.1) is 6.92 Å². The van der Waals surface area contributed by atoms with Gasteiger partial charge in [-0.05, 0) is 69.7 Å². The summed E-state index contributed by atoms with van der Waals surface area (Å²) >= 11 is 12.3. The second-order valence-electron chi connectivity index (χ2n) is 7.97. The minimum atomic E-state index is -3.91. The minimum Gasteiger partial charge on any atom is -0.352 e. The van der Waals surface area contributed by atoms with Crippen molar-refractivity contribution < 1.29 is 13.2 Å². The molecule has 0 saturated carbocycles. The van der Waals surface area contributed by atoms with E-state index >= 15 is 0 Å². The number of benzene rings is 2. The third-order valence-corrected chi connectivity index (χ3v) is 7.82. The maximum Gasteiger partial charge on any atom is 0.243 e. The summed E-state index contributed by atoms with van der Waals surface area (Å²) in [4.78, 5) is 15.1. The van der Waals surface area contributed by atoms with E-state index in [9.17, 15) is 13.2 Å². The van der Waals surface area contributed by atoms with Gasteiger partial charge in [-0.1, -0.05) is 47.0 Å². The fraction of sp³-hybridized carbons (Fsp3) is 0.409. The Labute approximate surface area is 194 Å². The van der Waals surface area contributed by atoms with Crippen LogP contribution in [0.15, 0.2) is 47.4 Å². The van der Waals surface area contributed by atoms with Crippen molar-refractivity contribution in [2.24, 2.45) is 0 Å². The molecule has 0 radical (unpaired) electrons. The van der Waals surface area contributed by atoms with E-state index in [1.165, 1.54) is 0 Å². The van der Waals surface area contributed by atoms with Gasteiger partial charge in [0.2, 0.25) is 15.9 Å². The highest BCUT2D eigenvalue weighted by Crippen LogP contribution is 2.25. The number of amides is 1. The average Bonchev–Trinajstić information content (AvgIpc) is 2.71. The summed E-state index contributed by atoms with van der Waals surface area (Å²) in [5.74, 6) is -0.324. The van der Waals surface area contributed by atoms with Gasteiger partial charge in [-0.3, -0.25) is 4.79 Å². The molecule has 3 rings (SSSR count). The number of rotatable bonds is 7. The van der Waals surface area contributed by atoms with Crippen LogP contribution in [0.4, 0.5) is 0 Å². The summed E-state index contributed by atoms with van der Waals surface area (Å²) in [6, 6.07) is 11.5. The Balaban J connectivity index is 1.82. The van der Waals surface area contributed by atoms with E-state index in [0.29, 0.717) is 15.6 Å². The van der Waals surface area contributed by atoms with Crippen LogP contribution in [0.5, 0.6) is 0 Å². The van der Waals surface area contributed by atoms with Gasteiger partial charge in [0.1, 0.15) is 0 Å². The van der Waals surface area contributed by atoms with Crippen molar-refractivity contribution in [3.63, 3.8) is 0 Å². The van der Waals surface area contributed by atoms with Crippen molar-refractivity contribution >= 4 is 39.1 Å². The standard InChI is InChI=1S/C22H27Cl2N3O3S/c1-16-3-7-20(8-4-16)31(29,30)27(14-17-5-6-18(23)13-21(17)24)15-22(28)25-19-9-11-26(2)12-10-19/h3-8,13,19H,9-12,14-15H2,1-2H3,(H,25,28). The summed E-state index contributed by atoms with van der Waals surface area (Å²) in [6.07, 6.45) is 1.69. The maximum absolute atomic E-state index is 13.4. The largest absolute Gasteiger partial charge is 0.352 e. The molecule has 1 fully saturated rings. The van der Waals surface area contributed by atoms with Crippen molar-refractivity contribution in [2.75, 3.05) is 26.7 Å². The lowest BCUT2D eigenvalue weighted by atomic mass is 10.1. The number of hydrogen-bond donors (Lipinski definition) is 1. The SMILES string of the molecule is Cc1ccc(S(=O)(=O)N(CC(=O)NC2CCN(C)CC2)Cc2ccc(Cl)cc2Cl)cc1. The third kappa shape index (κ3) is 6.43. The van der Waals surface area contributed by atoms with Crippen LogP contribution in [0.3, 0.4) is 0 Å². The van der Waals surface area contributed by atoms with E-state index < -0.39 is 10.0 Å². The van der Waals surface area contributed by atoms with Crippen LogP contribution >= 0.6 is 23.2 Å². The number of likely N-dealkylation sites (tertiary alicyclic amines) is 1. The first-order valence-electron chi connectivity index (χ1n) is 10.1. The fourth-order valence-electron chi connectivity index (χ4n) is 3.51. The smallest absolute Gasteiger partial charge is 0.243 e. The molecular weight excluding hydrogens is 457 g/mol. The summed E-state index contributed by atoms with van der Waals surface area (Å²) < 4.78 is 27.9. The zero-order valence-corrected chi connectivity index (χ0v) is 20.0. The Morgan fingerprint density at radius 3 is 2.39 bits per heavy atom. The van der Waals surface area contributed by atoms with E-state index in [0.717, 1.165) is 35.8 Å². The molecule has 1 heterocycles. The predicted octanol–water partition coefficient (Wildman–Crippen LogP) is 3.70. The van der Waals surface area contributed by atoms with Gasteiger partial charge in [0.15, 0.2) is 0 Å². The van der Waals surface area contributed by atoms with Crippen molar-refractivity contribution in [2.45, 2.75) is 37.2 Å². The first-order chi connectivity index (χ1) is 14.6. The van der Waals surface area contributed by atoms with E-state index in [1.54, 1.807) is 42.5 Å². The maximum atomic E-state index is 13.4. The van der Waals surface area contributed by atoms with Gasteiger partial charge in [0.05, 0.1) is 11.4 Å². The van der Waals surface area contributed by atoms with Crippen LogP contribution in [0.2, 0.25) is 10.0 Å². The Morgan fingerprint density at radius 2 is 1.77 bits per heavy atom. The number of carbonyl (C=O) groups excluding carboxylic acids is 1. The number of piperidine rings is 1. The molecule has 168 valence electrons. The van der Waals surface area contributed by atoms with E-state index in [-0.39, 0.29) is 29.9 Å². The highest BCUT2D eigenvalue weighted by atomic mass is 35.5. The number of nitrogens with zero attached hydrogens (tertiary/aromatic N) is 2. The second-order valence-corrected chi connectivity index (χ2v) is 10.7. The summed E-state index contributed by atoms with van der Waals surface area (Å²) in [6.45, 7) is 3.36. The van der Waals surface area contributed by atoms with Crippen molar-refractivity contribution in [1.29, 1.82) is 0 Å². The molecule has 0 aromatic heterocycles. The molecule has 0 spiro atoms. The Morgan fingerprint density at radius 1 is 1.13 bits per heavy atom. The first-order valence-corrected chi connectivity index (χ1v) is 12.3. The van der Waals surface area contributed by atoms with Gasteiger partial charge in [-0.15, -0.1) is 0 Å². The highest BCUT2D eigenvalue weighted by Gasteiger charge is 2.29. The lowest BCUT2D eigenvalue weighted by Gasteiger charge is -2.30. The zero-order valence-electron chi connectivity index (χ0n) is 17.6. The average molecular weight is 484 g/mol. The lowest BCUT2D eigenvalue weighted by Crippen LogP contribution is -2.47. The molecule has 2 aromatic rings. The van der Waals surface area contributed by atoms with Crippen LogP contribution in [0.25, 0.3) is 0 Å². The zero-order chi connectivity index (χ0) is 22.6. The molecule has 0 aliphatic carbocycles. The second kappa shape index (κ2) is 10.3. The Hall–Kier alpha value is -1.64. The lowest BCUT2D eigenvalue weighted by molar-refractivity contribution is -0.122. The quantitative estimate of drug-likeness (QED) is 0.651. The number of halogens is 2. The minimum absolute atomic E-state index is 0.0347. The normalized spacial score (nSPS) is 15.9. The molecule has 31 heavy (non-hydrogen) atoms. The third-order valence-electron chi connectivity index (χ3n) is 5.42. The molecule has 1 N–H and O–H groups in total. The van der Waals surface area contributed by atoms with Gasteiger partial charge in [-0.2, -0.15) is 4.31 Å². The van der Waals surface area contributed by atoms with Crippen LogP contribution in [-0.4, -0.2) is 56.3 Å². The molecule has 1 aliphatic heterocycles. The molecule has 0 atom stereocenters. The van der Waals surface area contributed by atoms with Crippen LogP contribution in [0.1, 0.15) is 24.0 Å². The predicted molar refractivity (Wildman–Crippen MR) is 124 cm³/mol. The van der Waals surface area contributed by atoms with Crippen molar-refractivity contribution in [3.05, 3.63) is 63.6 Å². The number of carbonyl (C=O) groups is 1. The number of hydrogen-bond acceptors (Lipinski definition) is 4. The number of aryl methyl sites for hydroxylation is 1. The summed E-state index contributed by atoms with van der Waals surface area (Å²) in [7, 11) is -1.87. The molecular formula is C22H27Cl2N3O3S. The Kier molecular flexibility index (Phi) is 7.99. The van der Waals surface area contributed by atoms with Gasteiger partial charge in [0.25, 0.3) is 0 Å². The highest BCUT2D eigenvalue weighted by molar-refractivity contribution is 7.89. The van der Waals surface area contributed by atoms with Crippen molar-refractivity contribution in [1.82, 2.24) is 14.5 Å². The Bertz CT molecular complexity index is 1020. The monoisotopic (exact) mass is 483 g/mol. The molecule has 1 amide bonds. The van der Waals surface area contributed by atoms with Crippen LogP contribution in [-0.2, 0) is 21.4 Å². The summed E-state index contributed by atoms with van der Waals surface area (Å²) in [5, 5.41) is 3.80. The topological polar surface area (TPSA) is 69.7 Å². The van der Waals surface area contributed by atoms with E-state index in [1.807, 2.05) is 14.0 Å². The molecule has 6 nitrogen and oxygen atoms in total. The molecule has 1 aliphatic rings. The number of nitrogens with one attached hydrogen (secondary N) is 1. The first kappa shape index (κ1) is 24.0. The van der Waals surface area contributed by atoms with Gasteiger partial charge in [0, 0.05) is 22.6 Å². The summed E-state index contributed by atoms with van der Waals surface area (Å²) in [5.41, 5.74) is 1.53. The van der Waals surface area contributed by atoms with Gasteiger partial charge < -0.3 is 10.2 Å². The molecule has 0 unspecified atom stereocenters. The van der Waals surface area contributed by atoms with Crippen LogP contribution < -0.4 is 5.32 Å². The van der Waals surface area contributed by atoms with E-state index in [2.05, 4.69) is 10.2 Å². The number of sulfonamides is 1. The molecule has 2 aromatic carbocycles. The molecule has 9 heteroatoms. The molecule has 1 saturated heterocycles. The van der Waals surface area contributed by atoms with Crippen molar-refractivity contribution in [3.8, 4) is 0 Å². The fourth-order valence-corrected chi connectivity index (χ4v) is 5.35. The van der Waals surface area contributed by atoms with Gasteiger partial charge >= 0.3 is 0 Å². The molecule has 0 bridgehead atoms. The van der Waals surface area contributed by atoms with E-state index in [4.69, 9.17) is 23.2 Å². The van der Waals surface area contributed by atoms with Gasteiger partial charge in [-0.25, -0.2) is 8.42 Å².